The molecule has 0 aliphatic carbocycles. The summed E-state index contributed by atoms with van der Waals surface area (Å²) in [6, 6.07) is 18.5. The molecular weight excluding hydrogens is 434 g/mol. The fourth-order valence-electron chi connectivity index (χ4n) is 5.76. The number of allylic oxidation sites excluding steroid dienone is 1. The molecule has 2 saturated heterocycles. The number of fused-ring (bicyclic) bond motifs is 1. The van der Waals surface area contributed by atoms with E-state index in [4.69, 9.17) is 10.7 Å². The first-order chi connectivity index (χ1) is 17.1. The molecule has 1 aromatic heterocycles. The number of hydrogen-bond donors (Lipinski definition) is 2. The van der Waals surface area contributed by atoms with Crippen molar-refractivity contribution in [2.45, 2.75) is 45.3 Å². The summed E-state index contributed by atoms with van der Waals surface area (Å²) >= 11 is 0. The van der Waals surface area contributed by atoms with E-state index in [0.29, 0.717) is 12.5 Å². The average Bonchev–Trinajstić information content (AvgIpc) is 3.30. The predicted octanol–water partition coefficient (Wildman–Crippen LogP) is 4.68. The lowest BCUT2D eigenvalue weighted by atomic mass is 9.71. The van der Waals surface area contributed by atoms with Gasteiger partial charge in [-0.2, -0.15) is 0 Å². The Labute approximate surface area is 207 Å². The van der Waals surface area contributed by atoms with Crippen LogP contribution in [0.15, 0.2) is 78.1 Å². The lowest BCUT2D eigenvalue weighted by Crippen LogP contribution is -2.54. The van der Waals surface area contributed by atoms with Crippen molar-refractivity contribution in [3.8, 4) is 0 Å². The lowest BCUT2D eigenvalue weighted by molar-refractivity contribution is -0.151. The van der Waals surface area contributed by atoms with Crippen molar-refractivity contribution in [2.24, 2.45) is 16.1 Å². The molecule has 1 unspecified atom stereocenters. The summed E-state index contributed by atoms with van der Waals surface area (Å²) in [7, 11) is 0. The van der Waals surface area contributed by atoms with Crippen molar-refractivity contribution >= 4 is 22.5 Å². The summed E-state index contributed by atoms with van der Waals surface area (Å²) in [5, 5.41) is 1.21. The molecule has 0 saturated carbocycles. The van der Waals surface area contributed by atoms with Gasteiger partial charge in [-0.15, -0.1) is 0 Å². The van der Waals surface area contributed by atoms with E-state index in [1.807, 2.05) is 30.3 Å². The molecule has 35 heavy (non-hydrogen) atoms. The van der Waals surface area contributed by atoms with Crippen molar-refractivity contribution in [3.05, 3.63) is 84.2 Å². The van der Waals surface area contributed by atoms with E-state index in [0.717, 1.165) is 62.1 Å². The van der Waals surface area contributed by atoms with Crippen molar-refractivity contribution in [2.75, 3.05) is 19.6 Å². The quantitative estimate of drug-likeness (QED) is 0.515. The molecule has 6 heteroatoms. The van der Waals surface area contributed by atoms with E-state index in [1.54, 1.807) is 6.20 Å². The second kappa shape index (κ2) is 10.1. The van der Waals surface area contributed by atoms with Crippen molar-refractivity contribution in [3.63, 3.8) is 0 Å². The van der Waals surface area contributed by atoms with Gasteiger partial charge in [-0.05, 0) is 62.1 Å². The lowest BCUT2D eigenvalue weighted by Gasteiger charge is -2.47. The third-order valence-electron chi connectivity index (χ3n) is 7.79. The average molecular weight is 470 g/mol. The van der Waals surface area contributed by atoms with Gasteiger partial charge in [0.15, 0.2) is 0 Å². The van der Waals surface area contributed by atoms with Gasteiger partial charge in [-0.1, -0.05) is 48.5 Å². The zero-order valence-electron chi connectivity index (χ0n) is 20.5. The Bertz CT molecular complexity index is 1220. The number of rotatable bonds is 6. The van der Waals surface area contributed by atoms with E-state index >= 15 is 0 Å². The minimum Gasteiger partial charge on any atom is -0.405 e. The van der Waals surface area contributed by atoms with Crippen LogP contribution in [0, 0.1) is 5.41 Å². The number of likely N-dealkylation sites (tertiary alicyclic amines) is 2. The fourth-order valence-corrected chi connectivity index (χ4v) is 5.76. The van der Waals surface area contributed by atoms with Crippen molar-refractivity contribution < 1.29 is 4.79 Å². The van der Waals surface area contributed by atoms with Crippen molar-refractivity contribution in [1.29, 1.82) is 0 Å². The third kappa shape index (κ3) is 4.76. The molecule has 0 bridgehead atoms. The van der Waals surface area contributed by atoms with Crippen LogP contribution in [0.2, 0.25) is 0 Å². The number of hydrogen-bond acceptors (Lipinski definition) is 4. The third-order valence-corrected chi connectivity index (χ3v) is 7.79. The molecule has 2 fully saturated rings. The number of aromatic nitrogens is 1. The summed E-state index contributed by atoms with van der Waals surface area (Å²) in [6.45, 7) is 5.42. The van der Waals surface area contributed by atoms with Gasteiger partial charge >= 0.3 is 0 Å². The Morgan fingerprint density at radius 3 is 2.60 bits per heavy atom. The van der Waals surface area contributed by atoms with E-state index < -0.39 is 0 Å². The second-order valence-corrected chi connectivity index (χ2v) is 9.88. The van der Waals surface area contributed by atoms with Gasteiger partial charge in [0.05, 0.1) is 17.3 Å². The monoisotopic (exact) mass is 469 g/mol. The van der Waals surface area contributed by atoms with Gasteiger partial charge < -0.3 is 15.6 Å². The van der Waals surface area contributed by atoms with Crippen LogP contribution in [0.4, 0.5) is 0 Å². The van der Waals surface area contributed by atoms with Gasteiger partial charge in [0.25, 0.3) is 0 Å². The van der Waals surface area contributed by atoms with Crippen LogP contribution in [0.5, 0.6) is 0 Å². The smallest absolute Gasteiger partial charge is 0.229 e. The molecule has 1 spiro atoms. The van der Waals surface area contributed by atoms with E-state index in [9.17, 15) is 4.79 Å². The largest absolute Gasteiger partial charge is 0.405 e. The summed E-state index contributed by atoms with van der Waals surface area (Å²) in [5.41, 5.74) is 9.75. The van der Waals surface area contributed by atoms with Gasteiger partial charge in [-0.3, -0.25) is 14.7 Å². The minimum absolute atomic E-state index is 0.0276. The number of nitrogens with two attached hydrogens (primary N) is 1. The number of para-hydroxylation sites is 1. The summed E-state index contributed by atoms with van der Waals surface area (Å²) in [5.74, 6) is 0.334. The summed E-state index contributed by atoms with van der Waals surface area (Å²) in [4.78, 5) is 26.6. The maximum Gasteiger partial charge on any atom is 0.229 e. The maximum atomic E-state index is 13.7. The van der Waals surface area contributed by atoms with E-state index in [1.165, 1.54) is 10.9 Å². The van der Waals surface area contributed by atoms with Gasteiger partial charge in [0.2, 0.25) is 5.91 Å². The zero-order valence-corrected chi connectivity index (χ0v) is 20.5. The second-order valence-electron chi connectivity index (χ2n) is 9.88. The molecule has 1 atom stereocenters. The molecule has 1 amide bonds. The number of amides is 1. The molecule has 6 nitrogen and oxygen atoms in total. The number of nitrogens with zero attached hydrogens (tertiary/aromatic N) is 3. The molecule has 2 aliphatic heterocycles. The number of benzene rings is 2. The van der Waals surface area contributed by atoms with Crippen LogP contribution in [0.3, 0.4) is 0 Å². The number of carbonyl (C=O) groups excluding carboxylic acids is 1. The highest BCUT2D eigenvalue weighted by Crippen LogP contribution is 2.42. The number of aliphatic imine (C=N–C) groups is 1. The first-order valence-corrected chi connectivity index (χ1v) is 12.7. The van der Waals surface area contributed by atoms with Crippen LogP contribution in [0.25, 0.3) is 10.9 Å². The van der Waals surface area contributed by atoms with Gasteiger partial charge in [-0.25, -0.2) is 0 Å². The first-order valence-electron chi connectivity index (χ1n) is 12.7. The molecule has 5 rings (SSSR count). The first kappa shape index (κ1) is 23.4. The molecule has 0 radical (unpaired) electrons. The number of aromatic amines is 1. The molecular formula is C29H35N5O. The van der Waals surface area contributed by atoms with Gasteiger partial charge in [0.1, 0.15) is 0 Å². The van der Waals surface area contributed by atoms with E-state index in [2.05, 4.69) is 58.2 Å². The molecule has 2 aliphatic rings. The van der Waals surface area contributed by atoms with Crippen LogP contribution in [0.1, 0.15) is 43.7 Å². The fraction of sp³-hybridized carbons (Fsp3) is 0.379. The standard InChI is InChI=1S/C29H35N5O/c1-22(32-26(12-16-30)23-8-3-2-4-9-23)33-18-14-29(15-19-33)13-7-17-34(28(29)35)21-24-20-31-27-11-6-5-10-25(24)27/h2-6,8-12,16,20,22,31H,7,13-15,17-19,21,30H2,1H3/b16-12-,32-26+. The Kier molecular flexibility index (Phi) is 6.73. The Morgan fingerprint density at radius 1 is 1.09 bits per heavy atom. The maximum absolute atomic E-state index is 13.7. The van der Waals surface area contributed by atoms with Crippen LogP contribution < -0.4 is 5.73 Å². The molecule has 2 aromatic carbocycles. The highest BCUT2D eigenvalue weighted by molar-refractivity contribution is 6.08. The minimum atomic E-state index is -0.232. The molecule has 3 N–H and O–H groups in total. The van der Waals surface area contributed by atoms with Gasteiger partial charge in [0, 0.05) is 43.3 Å². The number of carbonyl (C=O) groups is 1. The zero-order chi connectivity index (χ0) is 24.3. The predicted molar refractivity (Wildman–Crippen MR) is 142 cm³/mol. The van der Waals surface area contributed by atoms with E-state index in [-0.39, 0.29) is 11.6 Å². The molecule has 3 heterocycles. The summed E-state index contributed by atoms with van der Waals surface area (Å²) < 4.78 is 0. The Hall–Kier alpha value is -3.38. The topological polar surface area (TPSA) is 77.7 Å². The number of nitrogens with one attached hydrogen (secondary N) is 1. The summed E-state index contributed by atoms with van der Waals surface area (Å²) in [6.07, 6.45) is 9.35. The van der Waals surface area contributed by atoms with Crippen LogP contribution in [-0.2, 0) is 11.3 Å². The van der Waals surface area contributed by atoms with Crippen LogP contribution in [-0.4, -0.2) is 52.2 Å². The Balaban J connectivity index is 1.26. The Morgan fingerprint density at radius 2 is 1.83 bits per heavy atom. The van der Waals surface area contributed by atoms with Crippen molar-refractivity contribution in [1.82, 2.24) is 14.8 Å². The number of piperidine rings is 2. The normalized spacial score (nSPS) is 20.2. The number of H-pyrrole nitrogens is 1. The SMILES string of the molecule is CC(/N=C(\C=C/N)c1ccccc1)N1CCC2(CCCN(Cc3c[nH]c4ccccc34)C2=O)CC1. The highest BCUT2D eigenvalue weighted by Gasteiger charge is 2.46. The molecule has 182 valence electrons. The molecule has 3 aromatic rings. The highest BCUT2D eigenvalue weighted by atomic mass is 16.2. The van der Waals surface area contributed by atoms with Crippen LogP contribution >= 0.6 is 0 Å².